The van der Waals surface area contributed by atoms with Crippen LogP contribution in [0.1, 0.15) is 88.2 Å². The summed E-state index contributed by atoms with van der Waals surface area (Å²) >= 11 is 0. The van der Waals surface area contributed by atoms with Crippen molar-refractivity contribution in [1.82, 2.24) is 45.3 Å². The summed E-state index contributed by atoms with van der Waals surface area (Å²) in [4.78, 5) is 85.8. The first-order valence-corrected chi connectivity index (χ1v) is 23.6. The minimum absolute atomic E-state index is 0.0886. The van der Waals surface area contributed by atoms with Crippen LogP contribution in [0.15, 0.2) is 65.3 Å². The largest absolute Gasteiger partial charge is 0.456 e. The van der Waals surface area contributed by atoms with Crippen LogP contribution in [0.2, 0.25) is 0 Å². The number of hydrogen-bond donors (Lipinski definition) is 4. The number of fused-ring (bicyclic) bond motifs is 5. The molecule has 4 N–H and O–H groups in total. The topological polar surface area (TPSA) is 236 Å². The number of alkyl carbamates (subject to hydrolysis) is 2. The monoisotopic (exact) mass is 959 g/mol. The van der Waals surface area contributed by atoms with Crippen molar-refractivity contribution < 1.29 is 52.1 Å². The van der Waals surface area contributed by atoms with E-state index in [4.69, 9.17) is 33.3 Å². The number of nitrogens with zero attached hydrogens (tertiary/aromatic N) is 5. The van der Waals surface area contributed by atoms with Gasteiger partial charge < -0.3 is 58.5 Å². The molecule has 70 heavy (non-hydrogen) atoms. The number of methoxy groups -OCH3 is 2. The van der Waals surface area contributed by atoms with Gasteiger partial charge in [0, 0.05) is 48.0 Å². The quantitative estimate of drug-likeness (QED) is 0.0965. The summed E-state index contributed by atoms with van der Waals surface area (Å²) in [7, 11) is 2.49. The molecule has 4 atom stereocenters. The Hall–Kier alpha value is -7.77. The van der Waals surface area contributed by atoms with Gasteiger partial charge in [-0.15, -0.1) is 0 Å². The molecule has 10 rings (SSSR count). The molecule has 20 nitrogen and oxygen atoms in total. The van der Waals surface area contributed by atoms with Crippen molar-refractivity contribution in [3.05, 3.63) is 83.7 Å². The Morgan fingerprint density at radius 3 is 1.96 bits per heavy atom. The number of rotatable bonds is 10. The number of ether oxygens (including phenoxy) is 5. The number of imidazole rings is 2. The molecule has 3 unspecified atom stereocenters. The molecule has 3 aromatic heterocycles. The lowest BCUT2D eigenvalue weighted by Crippen LogP contribution is -2.51. The fraction of sp³-hybridized carbons (Fsp3) is 0.420. The highest BCUT2D eigenvalue weighted by Gasteiger charge is 2.41. The van der Waals surface area contributed by atoms with E-state index in [9.17, 15) is 24.0 Å². The summed E-state index contributed by atoms with van der Waals surface area (Å²) in [6, 6.07) is 14.0. The van der Waals surface area contributed by atoms with Gasteiger partial charge in [-0.25, -0.2) is 24.4 Å². The Balaban J connectivity index is 0.00000198. The van der Waals surface area contributed by atoms with Crippen molar-refractivity contribution in [3.8, 4) is 34.0 Å². The number of carbonyl (C=O) groups is 5. The third-order valence-electron chi connectivity index (χ3n) is 12.9. The molecule has 0 saturated carbocycles. The summed E-state index contributed by atoms with van der Waals surface area (Å²) < 4.78 is 32.9. The average Bonchev–Trinajstić information content (AvgIpc) is 4.22. The second-order valence-corrected chi connectivity index (χ2v) is 18.1. The maximum atomic E-state index is 13.7. The number of furan rings is 1. The van der Waals surface area contributed by atoms with E-state index in [1.54, 1.807) is 27.1 Å². The lowest BCUT2D eigenvalue weighted by molar-refractivity contribution is -0.135. The minimum atomic E-state index is -0.746. The molecule has 20 heteroatoms. The van der Waals surface area contributed by atoms with Gasteiger partial charge >= 0.3 is 18.3 Å². The molecule has 0 spiro atoms. The van der Waals surface area contributed by atoms with E-state index in [1.165, 1.54) is 20.6 Å². The van der Waals surface area contributed by atoms with E-state index in [0.29, 0.717) is 59.6 Å². The zero-order chi connectivity index (χ0) is 49.2. The number of carbonyl (C=O) groups excluding carboxylic acids is 5. The molecule has 0 radical (unpaired) electrons. The number of amides is 5. The highest BCUT2D eigenvalue weighted by atomic mass is 16.7. The maximum absolute atomic E-state index is 13.7. The van der Waals surface area contributed by atoms with Crippen LogP contribution in [-0.2, 0) is 36.9 Å². The zero-order valence-corrected chi connectivity index (χ0v) is 40.0. The Bertz CT molecular complexity index is 2910. The molecule has 4 aliphatic rings. The van der Waals surface area contributed by atoms with E-state index in [2.05, 4.69) is 39.2 Å². The highest BCUT2D eigenvalue weighted by Crippen LogP contribution is 2.40. The Morgan fingerprint density at radius 2 is 1.39 bits per heavy atom. The first-order valence-electron chi connectivity index (χ1n) is 23.6. The van der Waals surface area contributed by atoms with E-state index in [1.807, 2.05) is 62.4 Å². The summed E-state index contributed by atoms with van der Waals surface area (Å²) in [6.45, 7) is 9.19. The molecule has 0 aliphatic carbocycles. The van der Waals surface area contributed by atoms with Crippen LogP contribution in [0.5, 0.6) is 11.5 Å². The number of benzene rings is 3. The Morgan fingerprint density at radius 1 is 0.800 bits per heavy atom. The van der Waals surface area contributed by atoms with Gasteiger partial charge in [0.1, 0.15) is 41.5 Å². The Kier molecular flexibility index (Phi) is 13.6. The van der Waals surface area contributed by atoms with Gasteiger partial charge in [0.15, 0.2) is 11.5 Å². The summed E-state index contributed by atoms with van der Waals surface area (Å²) in [5, 5.41) is 6.98. The van der Waals surface area contributed by atoms with Gasteiger partial charge in [0.25, 0.3) is 0 Å². The highest BCUT2D eigenvalue weighted by molar-refractivity contribution is 6.06. The molecule has 2 fully saturated rings. The van der Waals surface area contributed by atoms with Crippen LogP contribution < -0.4 is 20.1 Å². The van der Waals surface area contributed by atoms with Gasteiger partial charge in [-0.1, -0.05) is 46.2 Å². The predicted molar refractivity (Wildman–Crippen MR) is 254 cm³/mol. The summed E-state index contributed by atoms with van der Waals surface area (Å²) in [6.07, 6.45) is 3.94. The number of nitrogens with one attached hydrogen (secondary N) is 4. The molecule has 368 valence electrons. The lowest BCUT2D eigenvalue weighted by Gasteiger charge is -2.30. The van der Waals surface area contributed by atoms with Gasteiger partial charge in [-0.05, 0) is 66.3 Å². The molecular weight excluding hydrogens is 903 g/mol. The second kappa shape index (κ2) is 20.1. The van der Waals surface area contributed by atoms with Crippen LogP contribution in [0.25, 0.3) is 44.5 Å². The van der Waals surface area contributed by atoms with Crippen molar-refractivity contribution in [3.63, 3.8) is 0 Å². The van der Waals surface area contributed by atoms with Crippen LogP contribution in [0.4, 0.5) is 14.4 Å². The number of hydrogen-bond acceptors (Lipinski definition) is 13. The third-order valence-corrected chi connectivity index (χ3v) is 12.9. The fourth-order valence-corrected chi connectivity index (χ4v) is 9.48. The zero-order valence-electron chi connectivity index (χ0n) is 40.0. The van der Waals surface area contributed by atoms with E-state index >= 15 is 0 Å². The normalized spacial score (nSPS) is 18.4. The number of aromatic amines is 2. The van der Waals surface area contributed by atoms with Crippen molar-refractivity contribution in [1.29, 1.82) is 0 Å². The van der Waals surface area contributed by atoms with Gasteiger partial charge in [-0.3, -0.25) is 14.5 Å². The average molecular weight is 960 g/mol. The van der Waals surface area contributed by atoms with E-state index < -0.39 is 42.4 Å². The SMILES string of the molecule is CCC.COC(=O)NCC(=O)N1CC(OC(=O)N2Cc3cc4c(cc3C2)OCO4)C[C@H]1c1ncc(-c2ccc3c(c2)oc2cc(-c4cnc(C5CCCN5C(=O)C(NC(=O)OC)C(C)C)[nH]4)ccc23)[nH]1. The molecule has 5 amide bonds. The molecule has 3 aromatic carbocycles. The van der Waals surface area contributed by atoms with Crippen molar-refractivity contribution >= 4 is 52.0 Å². The molecule has 0 bridgehead atoms. The smallest absolute Gasteiger partial charge is 0.410 e. The van der Waals surface area contributed by atoms with Crippen LogP contribution >= 0.6 is 0 Å². The van der Waals surface area contributed by atoms with E-state index in [0.717, 1.165) is 51.6 Å². The van der Waals surface area contributed by atoms with Crippen LogP contribution in [0, 0.1) is 5.92 Å². The lowest BCUT2D eigenvalue weighted by atomic mass is 10.0. The maximum Gasteiger partial charge on any atom is 0.410 e. The summed E-state index contributed by atoms with van der Waals surface area (Å²) in [5.41, 5.74) is 6.31. The molecule has 4 aliphatic heterocycles. The first-order chi connectivity index (χ1) is 33.8. The van der Waals surface area contributed by atoms with Gasteiger partial charge in [0.2, 0.25) is 18.6 Å². The number of aromatic nitrogens is 4. The number of likely N-dealkylation sites (tertiary alicyclic amines) is 2. The standard InChI is InChI=1S/C47H49N9O11.C3H8/c1-24(2)41(53-46(60)63-4)44(58)55-11-5-6-34(55)42-48-17-32(51-42)25-7-9-30-31-10-8-26(13-37(31)67-36(30)12-25)33-18-49-43(52-33)35-16-29(22-56(35)40(57)19-50-45(59)62-3)66-47(61)54-20-27-14-38-39(65-23-64-38)15-28(27)21-54;1-3-2/h7-10,12-15,17-18,24,29,34-35,41H,5-6,11,16,19-23H2,1-4H3,(H,48,51)(H,49,52)(H,50,59)(H,53,60);3H2,1-2H3/t29?,34?,35-,41?;/m0./s1. The predicted octanol–water partition coefficient (Wildman–Crippen LogP) is 7.71. The fourth-order valence-electron chi connectivity index (χ4n) is 9.48. The molecular formula is C50H57N9O11. The first kappa shape index (κ1) is 47.3. The van der Waals surface area contributed by atoms with Crippen LogP contribution in [0.3, 0.4) is 0 Å². The third kappa shape index (κ3) is 9.49. The van der Waals surface area contributed by atoms with Crippen molar-refractivity contribution in [2.45, 2.75) is 90.7 Å². The van der Waals surface area contributed by atoms with Crippen LogP contribution in [-0.4, -0.2) is 118 Å². The van der Waals surface area contributed by atoms with E-state index in [-0.39, 0.29) is 44.2 Å². The second-order valence-electron chi connectivity index (χ2n) is 18.1. The van der Waals surface area contributed by atoms with Crippen molar-refractivity contribution in [2.24, 2.45) is 5.92 Å². The van der Waals surface area contributed by atoms with Gasteiger partial charge in [0.05, 0.1) is 56.6 Å². The molecule has 6 aromatic rings. The van der Waals surface area contributed by atoms with Gasteiger partial charge in [-0.2, -0.15) is 0 Å². The molecule has 2 saturated heterocycles. The minimum Gasteiger partial charge on any atom is -0.456 e. The molecule has 7 heterocycles. The van der Waals surface area contributed by atoms with Crippen molar-refractivity contribution in [2.75, 3.05) is 40.6 Å². The summed E-state index contributed by atoms with van der Waals surface area (Å²) in [5.74, 6) is 1.72. The Labute approximate surface area is 403 Å². The number of H-pyrrole nitrogens is 2.